The number of hydrogen-bond acceptors (Lipinski definition) is 2. The fourth-order valence-electron chi connectivity index (χ4n) is 1.85. The molecule has 5 heteroatoms. The summed E-state index contributed by atoms with van der Waals surface area (Å²) in [6.07, 6.45) is 0. The molecular formula is C15H14BrFN2O. The molecule has 2 aromatic carbocycles. The predicted octanol–water partition coefficient (Wildman–Crippen LogP) is 3.56. The van der Waals surface area contributed by atoms with Crippen LogP contribution in [0.5, 0.6) is 0 Å². The van der Waals surface area contributed by atoms with Gasteiger partial charge in [0, 0.05) is 16.7 Å². The summed E-state index contributed by atoms with van der Waals surface area (Å²) in [6, 6.07) is 11.5. The minimum atomic E-state index is -0.385. The van der Waals surface area contributed by atoms with E-state index in [4.69, 9.17) is 0 Å². The quantitative estimate of drug-likeness (QED) is 0.896. The molecule has 0 saturated carbocycles. The molecule has 2 N–H and O–H groups in total. The standard InChI is InChI=1S/C15H14BrFN2O/c1-18-9-10-4-2-3-5-14(10)19-15(20)12-7-6-11(17)8-13(12)16/h2-8,18H,9H2,1H3,(H,19,20). The smallest absolute Gasteiger partial charge is 0.256 e. The Hall–Kier alpha value is -1.72. The molecule has 3 nitrogen and oxygen atoms in total. The molecule has 104 valence electrons. The maximum atomic E-state index is 13.0. The molecule has 0 saturated heterocycles. The van der Waals surface area contributed by atoms with E-state index in [1.807, 2.05) is 31.3 Å². The number of halogens is 2. The third kappa shape index (κ3) is 3.43. The van der Waals surface area contributed by atoms with E-state index in [9.17, 15) is 9.18 Å². The molecule has 2 aromatic rings. The van der Waals surface area contributed by atoms with Crippen LogP contribution in [0.15, 0.2) is 46.9 Å². The van der Waals surface area contributed by atoms with Crippen LogP contribution in [-0.2, 0) is 6.54 Å². The van der Waals surface area contributed by atoms with Crippen LogP contribution in [0.25, 0.3) is 0 Å². The Labute approximate surface area is 125 Å². The molecule has 0 bridgehead atoms. The number of nitrogens with one attached hydrogen (secondary N) is 2. The van der Waals surface area contributed by atoms with Crippen LogP contribution in [0.3, 0.4) is 0 Å². The summed E-state index contributed by atoms with van der Waals surface area (Å²) < 4.78 is 13.5. The van der Waals surface area contributed by atoms with Gasteiger partial charge in [-0.15, -0.1) is 0 Å². The Balaban J connectivity index is 2.23. The van der Waals surface area contributed by atoms with Crippen molar-refractivity contribution in [2.75, 3.05) is 12.4 Å². The van der Waals surface area contributed by atoms with Crippen molar-refractivity contribution >= 4 is 27.5 Å². The molecule has 1 amide bonds. The Kier molecular flexibility index (Phi) is 4.87. The number of rotatable bonds is 4. The maximum Gasteiger partial charge on any atom is 0.256 e. The van der Waals surface area contributed by atoms with E-state index in [0.717, 1.165) is 11.3 Å². The third-order valence-electron chi connectivity index (χ3n) is 2.81. The molecule has 0 aliphatic carbocycles. The van der Waals surface area contributed by atoms with Gasteiger partial charge in [-0.1, -0.05) is 18.2 Å². The van der Waals surface area contributed by atoms with E-state index in [0.29, 0.717) is 16.6 Å². The van der Waals surface area contributed by atoms with Crippen molar-refractivity contribution in [2.45, 2.75) is 6.54 Å². The number of amides is 1. The van der Waals surface area contributed by atoms with Crippen LogP contribution >= 0.6 is 15.9 Å². The van der Waals surface area contributed by atoms with Gasteiger partial charge in [-0.25, -0.2) is 4.39 Å². The largest absolute Gasteiger partial charge is 0.322 e. The van der Waals surface area contributed by atoms with Crippen molar-refractivity contribution in [3.8, 4) is 0 Å². The highest BCUT2D eigenvalue weighted by molar-refractivity contribution is 9.10. The van der Waals surface area contributed by atoms with Gasteiger partial charge in [0.2, 0.25) is 0 Å². The molecule has 0 aliphatic heterocycles. The Morgan fingerprint density at radius 3 is 2.70 bits per heavy atom. The summed E-state index contributed by atoms with van der Waals surface area (Å²) in [7, 11) is 1.84. The van der Waals surface area contributed by atoms with Crippen LogP contribution in [-0.4, -0.2) is 13.0 Å². The zero-order valence-corrected chi connectivity index (χ0v) is 12.5. The van der Waals surface area contributed by atoms with Gasteiger partial charge < -0.3 is 10.6 Å². The summed E-state index contributed by atoms with van der Waals surface area (Å²) in [5.74, 6) is -0.663. The second-order valence-corrected chi connectivity index (χ2v) is 5.12. The highest BCUT2D eigenvalue weighted by Crippen LogP contribution is 2.21. The highest BCUT2D eigenvalue weighted by Gasteiger charge is 2.12. The molecule has 0 radical (unpaired) electrons. The van der Waals surface area contributed by atoms with E-state index < -0.39 is 0 Å². The molecular weight excluding hydrogens is 323 g/mol. The van der Waals surface area contributed by atoms with Crippen LogP contribution in [0.4, 0.5) is 10.1 Å². The number of benzene rings is 2. The summed E-state index contributed by atoms with van der Waals surface area (Å²) in [5, 5.41) is 5.89. The normalized spacial score (nSPS) is 10.3. The predicted molar refractivity (Wildman–Crippen MR) is 81.3 cm³/mol. The van der Waals surface area contributed by atoms with Gasteiger partial charge in [0.05, 0.1) is 5.56 Å². The molecule has 2 rings (SSSR count). The molecule has 0 aromatic heterocycles. The molecule has 0 fully saturated rings. The van der Waals surface area contributed by atoms with Crippen molar-refractivity contribution < 1.29 is 9.18 Å². The maximum absolute atomic E-state index is 13.0. The fourth-order valence-corrected chi connectivity index (χ4v) is 2.38. The average molecular weight is 337 g/mol. The summed E-state index contributed by atoms with van der Waals surface area (Å²) in [5.41, 5.74) is 2.12. The molecule has 0 unspecified atom stereocenters. The van der Waals surface area contributed by atoms with Gasteiger partial charge in [0.25, 0.3) is 5.91 Å². The zero-order chi connectivity index (χ0) is 14.5. The van der Waals surface area contributed by atoms with Gasteiger partial charge in [-0.05, 0) is 52.8 Å². The number of anilines is 1. The van der Waals surface area contributed by atoms with Crippen molar-refractivity contribution in [3.63, 3.8) is 0 Å². The summed E-state index contributed by atoms with van der Waals surface area (Å²) in [4.78, 5) is 12.2. The summed E-state index contributed by atoms with van der Waals surface area (Å²) >= 11 is 3.20. The topological polar surface area (TPSA) is 41.1 Å². The van der Waals surface area contributed by atoms with Crippen LogP contribution < -0.4 is 10.6 Å². The van der Waals surface area contributed by atoms with Gasteiger partial charge in [0.1, 0.15) is 5.82 Å². The molecule has 20 heavy (non-hydrogen) atoms. The molecule has 0 atom stereocenters. The monoisotopic (exact) mass is 336 g/mol. The second-order valence-electron chi connectivity index (χ2n) is 4.27. The summed E-state index contributed by atoms with van der Waals surface area (Å²) in [6.45, 7) is 0.654. The lowest BCUT2D eigenvalue weighted by atomic mass is 10.1. The lowest BCUT2D eigenvalue weighted by molar-refractivity contribution is 0.102. The van der Waals surface area contributed by atoms with Gasteiger partial charge >= 0.3 is 0 Å². The first-order chi connectivity index (χ1) is 9.61. The number of carbonyl (C=O) groups excluding carboxylic acids is 1. The highest BCUT2D eigenvalue weighted by atomic mass is 79.9. The van der Waals surface area contributed by atoms with E-state index >= 15 is 0 Å². The first kappa shape index (κ1) is 14.7. The van der Waals surface area contributed by atoms with E-state index in [2.05, 4.69) is 26.6 Å². The molecule has 0 aliphatic rings. The number of para-hydroxylation sites is 1. The minimum Gasteiger partial charge on any atom is -0.322 e. The van der Waals surface area contributed by atoms with E-state index in [1.54, 1.807) is 0 Å². The van der Waals surface area contributed by atoms with Crippen LogP contribution in [0.1, 0.15) is 15.9 Å². The van der Waals surface area contributed by atoms with Crippen molar-refractivity contribution in [1.29, 1.82) is 0 Å². The zero-order valence-electron chi connectivity index (χ0n) is 10.9. The fraction of sp³-hybridized carbons (Fsp3) is 0.133. The third-order valence-corrected chi connectivity index (χ3v) is 3.46. The molecule has 0 spiro atoms. The first-order valence-electron chi connectivity index (χ1n) is 6.10. The van der Waals surface area contributed by atoms with Crippen molar-refractivity contribution in [2.24, 2.45) is 0 Å². The lowest BCUT2D eigenvalue weighted by Gasteiger charge is -2.11. The van der Waals surface area contributed by atoms with Gasteiger partial charge in [-0.2, -0.15) is 0 Å². The molecule has 0 heterocycles. The SMILES string of the molecule is CNCc1ccccc1NC(=O)c1ccc(F)cc1Br. The second kappa shape index (κ2) is 6.63. The Bertz CT molecular complexity index is 631. The van der Waals surface area contributed by atoms with Crippen molar-refractivity contribution in [3.05, 3.63) is 63.9 Å². The number of hydrogen-bond donors (Lipinski definition) is 2. The average Bonchev–Trinajstić information content (AvgIpc) is 2.41. The lowest BCUT2D eigenvalue weighted by Crippen LogP contribution is -2.15. The van der Waals surface area contributed by atoms with E-state index in [-0.39, 0.29) is 11.7 Å². The van der Waals surface area contributed by atoms with Crippen molar-refractivity contribution in [1.82, 2.24) is 5.32 Å². The first-order valence-corrected chi connectivity index (χ1v) is 6.90. The van der Waals surface area contributed by atoms with Gasteiger partial charge in [0.15, 0.2) is 0 Å². The van der Waals surface area contributed by atoms with Crippen LogP contribution in [0, 0.1) is 5.82 Å². The Morgan fingerprint density at radius 1 is 1.25 bits per heavy atom. The van der Waals surface area contributed by atoms with E-state index in [1.165, 1.54) is 18.2 Å². The van der Waals surface area contributed by atoms with Crippen LogP contribution in [0.2, 0.25) is 0 Å². The Morgan fingerprint density at radius 2 is 2.00 bits per heavy atom. The minimum absolute atomic E-state index is 0.277. The van der Waals surface area contributed by atoms with Gasteiger partial charge in [-0.3, -0.25) is 4.79 Å². The number of carbonyl (C=O) groups is 1.